The molecule has 7 heteroatoms. The van der Waals surface area contributed by atoms with Crippen LogP contribution in [0.5, 0.6) is 0 Å². The minimum Gasteiger partial charge on any atom is -0.396 e. The van der Waals surface area contributed by atoms with Crippen LogP contribution in [0.2, 0.25) is 0 Å². The zero-order chi connectivity index (χ0) is 11.6. The summed E-state index contributed by atoms with van der Waals surface area (Å²) >= 11 is 0. The minimum absolute atomic E-state index is 0.388. The molecule has 0 aliphatic rings. The number of anilines is 1. The van der Waals surface area contributed by atoms with E-state index in [0.29, 0.717) is 18.8 Å². The monoisotopic (exact) mass is 232 g/mol. The molecule has 0 bridgehead atoms. The molecule has 0 saturated heterocycles. The van der Waals surface area contributed by atoms with Gasteiger partial charge >= 0.3 is 0 Å². The molecule has 0 saturated carbocycles. The Balaban J connectivity index is 2.58. The highest BCUT2D eigenvalue weighted by atomic mass is 32.2. The number of aryl methyl sites for hydroxylation is 1. The fourth-order valence-corrected chi connectivity index (χ4v) is 1.47. The van der Waals surface area contributed by atoms with Crippen molar-refractivity contribution < 1.29 is 8.42 Å². The topological polar surface area (TPSA) is 81.2 Å². The van der Waals surface area contributed by atoms with Gasteiger partial charge in [-0.1, -0.05) is 0 Å². The predicted octanol–water partition coefficient (Wildman–Crippen LogP) is -0.335. The number of likely N-dealkylation sites (N-methyl/N-ethyl adjacent to an activating group) is 1. The Hall–Kier alpha value is -1.08. The lowest BCUT2D eigenvalue weighted by Gasteiger charge is -2.13. The molecule has 0 unspecified atom stereocenters. The van der Waals surface area contributed by atoms with Gasteiger partial charge in [-0.3, -0.25) is 4.68 Å². The van der Waals surface area contributed by atoms with Crippen molar-refractivity contribution in [2.45, 2.75) is 13.5 Å². The normalized spacial score (nSPS) is 12.3. The molecule has 0 fully saturated rings. The number of nitrogens with zero attached hydrogens (tertiary/aromatic N) is 3. The Labute approximate surface area is 89.7 Å². The SMILES string of the molecule is Cc1nn(CCN(C)S(C)(=O)=O)cc1N. The van der Waals surface area contributed by atoms with Crippen molar-refractivity contribution in [3.8, 4) is 0 Å². The van der Waals surface area contributed by atoms with Crippen molar-refractivity contribution in [3.63, 3.8) is 0 Å². The van der Waals surface area contributed by atoms with E-state index >= 15 is 0 Å². The first-order valence-electron chi connectivity index (χ1n) is 4.51. The molecule has 1 aromatic heterocycles. The second-order valence-corrected chi connectivity index (χ2v) is 5.61. The van der Waals surface area contributed by atoms with Crippen molar-refractivity contribution in [1.29, 1.82) is 0 Å². The highest BCUT2D eigenvalue weighted by molar-refractivity contribution is 7.88. The van der Waals surface area contributed by atoms with Gasteiger partial charge in [-0.25, -0.2) is 12.7 Å². The first-order chi connectivity index (χ1) is 6.80. The van der Waals surface area contributed by atoms with E-state index in [1.165, 1.54) is 17.6 Å². The first-order valence-corrected chi connectivity index (χ1v) is 6.36. The fraction of sp³-hybridized carbons (Fsp3) is 0.625. The number of rotatable bonds is 4. The molecule has 0 atom stereocenters. The second kappa shape index (κ2) is 4.19. The Kier molecular flexibility index (Phi) is 3.35. The number of sulfonamides is 1. The third-order valence-corrected chi connectivity index (χ3v) is 3.51. The third-order valence-electron chi connectivity index (χ3n) is 2.19. The summed E-state index contributed by atoms with van der Waals surface area (Å²) in [4.78, 5) is 0. The van der Waals surface area contributed by atoms with Gasteiger partial charge in [0.25, 0.3) is 0 Å². The Morgan fingerprint density at radius 3 is 2.60 bits per heavy atom. The van der Waals surface area contributed by atoms with Crippen LogP contribution in [0.25, 0.3) is 0 Å². The van der Waals surface area contributed by atoms with Crippen LogP contribution in [-0.2, 0) is 16.6 Å². The van der Waals surface area contributed by atoms with E-state index in [4.69, 9.17) is 5.73 Å². The van der Waals surface area contributed by atoms with E-state index in [2.05, 4.69) is 5.10 Å². The van der Waals surface area contributed by atoms with Gasteiger partial charge in [-0.2, -0.15) is 5.10 Å². The van der Waals surface area contributed by atoms with Crippen LogP contribution in [0.4, 0.5) is 5.69 Å². The lowest BCUT2D eigenvalue weighted by Crippen LogP contribution is -2.29. The smallest absolute Gasteiger partial charge is 0.211 e. The highest BCUT2D eigenvalue weighted by Crippen LogP contribution is 2.06. The maximum absolute atomic E-state index is 11.1. The van der Waals surface area contributed by atoms with Crippen molar-refractivity contribution >= 4 is 15.7 Å². The van der Waals surface area contributed by atoms with Crippen molar-refractivity contribution in [2.24, 2.45) is 0 Å². The molecule has 6 nitrogen and oxygen atoms in total. The summed E-state index contributed by atoms with van der Waals surface area (Å²) in [6.07, 6.45) is 2.88. The number of hydrogen-bond acceptors (Lipinski definition) is 4. The quantitative estimate of drug-likeness (QED) is 0.770. The minimum atomic E-state index is -3.12. The molecule has 0 aromatic carbocycles. The van der Waals surface area contributed by atoms with E-state index in [-0.39, 0.29) is 0 Å². The van der Waals surface area contributed by atoms with E-state index in [1.807, 2.05) is 6.92 Å². The van der Waals surface area contributed by atoms with E-state index < -0.39 is 10.0 Å². The van der Waals surface area contributed by atoms with Gasteiger partial charge in [0.05, 0.1) is 24.2 Å². The first kappa shape index (κ1) is 12.0. The van der Waals surface area contributed by atoms with Gasteiger partial charge in [0.1, 0.15) is 0 Å². The second-order valence-electron chi connectivity index (χ2n) is 3.52. The van der Waals surface area contributed by atoms with Crippen molar-refractivity contribution in [1.82, 2.24) is 14.1 Å². The largest absolute Gasteiger partial charge is 0.396 e. The van der Waals surface area contributed by atoms with E-state index in [1.54, 1.807) is 10.9 Å². The lowest BCUT2D eigenvalue weighted by atomic mass is 10.4. The molecule has 15 heavy (non-hydrogen) atoms. The summed E-state index contributed by atoms with van der Waals surface area (Å²) in [6, 6.07) is 0. The molecule has 2 N–H and O–H groups in total. The zero-order valence-corrected chi connectivity index (χ0v) is 9.95. The molecule has 0 radical (unpaired) electrons. The molecular weight excluding hydrogens is 216 g/mol. The van der Waals surface area contributed by atoms with Crippen LogP contribution in [0.15, 0.2) is 6.20 Å². The van der Waals surface area contributed by atoms with Gasteiger partial charge in [0, 0.05) is 19.8 Å². The molecule has 0 amide bonds. The Morgan fingerprint density at radius 2 is 2.20 bits per heavy atom. The molecule has 86 valence electrons. The van der Waals surface area contributed by atoms with Gasteiger partial charge < -0.3 is 5.73 Å². The van der Waals surface area contributed by atoms with Crippen LogP contribution in [-0.4, -0.2) is 42.4 Å². The predicted molar refractivity (Wildman–Crippen MR) is 58.9 cm³/mol. The van der Waals surface area contributed by atoms with E-state index in [9.17, 15) is 8.42 Å². The fourth-order valence-electron chi connectivity index (χ4n) is 1.06. The summed E-state index contributed by atoms with van der Waals surface area (Å²) in [6.45, 7) is 2.70. The molecular formula is C8H16N4O2S. The van der Waals surface area contributed by atoms with Gasteiger partial charge in [0.2, 0.25) is 10.0 Å². The molecule has 1 heterocycles. The summed E-state index contributed by atoms with van der Waals surface area (Å²) in [5, 5.41) is 4.13. The number of aromatic nitrogens is 2. The number of nitrogen functional groups attached to an aromatic ring is 1. The zero-order valence-electron chi connectivity index (χ0n) is 9.14. The van der Waals surface area contributed by atoms with E-state index in [0.717, 1.165) is 5.69 Å². The average molecular weight is 232 g/mol. The van der Waals surface area contributed by atoms with Gasteiger partial charge in [-0.05, 0) is 6.92 Å². The van der Waals surface area contributed by atoms with Crippen molar-refractivity contribution in [2.75, 3.05) is 25.6 Å². The number of nitrogens with two attached hydrogens (primary N) is 1. The van der Waals surface area contributed by atoms with Crippen LogP contribution in [0, 0.1) is 6.92 Å². The van der Waals surface area contributed by atoms with Crippen molar-refractivity contribution in [3.05, 3.63) is 11.9 Å². The van der Waals surface area contributed by atoms with Crippen LogP contribution in [0.3, 0.4) is 0 Å². The Morgan fingerprint density at radius 1 is 1.60 bits per heavy atom. The molecule has 0 aliphatic carbocycles. The molecule has 0 spiro atoms. The molecule has 1 aromatic rings. The lowest BCUT2D eigenvalue weighted by molar-refractivity contribution is 0.436. The van der Waals surface area contributed by atoms with Gasteiger partial charge in [0.15, 0.2) is 0 Å². The summed E-state index contributed by atoms with van der Waals surface area (Å²) in [7, 11) is -1.58. The third kappa shape index (κ3) is 3.21. The molecule has 0 aliphatic heterocycles. The summed E-state index contributed by atoms with van der Waals surface area (Å²) in [5.74, 6) is 0. The van der Waals surface area contributed by atoms with Crippen LogP contribution >= 0.6 is 0 Å². The summed E-state index contributed by atoms with van der Waals surface area (Å²) < 4.78 is 25.1. The van der Waals surface area contributed by atoms with Gasteiger partial charge in [-0.15, -0.1) is 0 Å². The van der Waals surface area contributed by atoms with Crippen LogP contribution < -0.4 is 5.73 Å². The number of hydrogen-bond donors (Lipinski definition) is 1. The maximum Gasteiger partial charge on any atom is 0.211 e. The van der Waals surface area contributed by atoms with Crippen LogP contribution in [0.1, 0.15) is 5.69 Å². The highest BCUT2D eigenvalue weighted by Gasteiger charge is 2.10. The summed E-state index contributed by atoms with van der Waals surface area (Å²) in [5.41, 5.74) is 7.00. The maximum atomic E-state index is 11.1. The Bertz CT molecular complexity index is 418. The standard InChI is InChI=1S/C8H16N4O2S/c1-7-8(9)6-12(10-7)5-4-11(2)15(3,13)14/h6H,4-5,9H2,1-3H3. The average Bonchev–Trinajstić information content (AvgIpc) is 2.41. The molecule has 1 rings (SSSR count).